The first-order valence-electron chi connectivity index (χ1n) is 6.52. The average molecular weight is 247 g/mol. The van der Waals surface area contributed by atoms with Gasteiger partial charge < -0.3 is 9.80 Å². The summed E-state index contributed by atoms with van der Waals surface area (Å²) in [6.07, 6.45) is 6.51. The number of carbonyl (C=O) groups is 1. The van der Waals surface area contributed by atoms with E-state index in [-0.39, 0.29) is 0 Å². The fourth-order valence-electron chi connectivity index (χ4n) is 2.61. The summed E-state index contributed by atoms with van der Waals surface area (Å²) in [5.41, 5.74) is 2.88. The largest absolute Gasteiger partial charge is 0.371 e. The molecule has 2 rings (SSSR count). The van der Waals surface area contributed by atoms with E-state index in [0.29, 0.717) is 0 Å². The van der Waals surface area contributed by atoms with Crippen LogP contribution in [0.4, 0.5) is 11.5 Å². The summed E-state index contributed by atoms with van der Waals surface area (Å²) < 4.78 is 0. The molecule has 4 heteroatoms. The summed E-state index contributed by atoms with van der Waals surface area (Å²) in [5.74, 6) is 0.760. The molecule has 0 atom stereocenters. The maximum atomic E-state index is 11.5. The van der Waals surface area contributed by atoms with Gasteiger partial charge in [0, 0.05) is 33.4 Å². The van der Waals surface area contributed by atoms with E-state index >= 15 is 0 Å². The lowest BCUT2D eigenvalue weighted by Gasteiger charge is -2.32. The molecule has 2 heterocycles. The summed E-state index contributed by atoms with van der Waals surface area (Å²) in [5, 5.41) is 0. The molecule has 0 spiro atoms. The van der Waals surface area contributed by atoms with Crippen LogP contribution in [0.25, 0.3) is 0 Å². The molecule has 0 radical (unpaired) electrons. The van der Waals surface area contributed by atoms with Crippen molar-refractivity contribution in [3.63, 3.8) is 0 Å². The van der Waals surface area contributed by atoms with Crippen molar-refractivity contribution in [3.05, 3.63) is 17.3 Å². The topological polar surface area (TPSA) is 36.4 Å². The van der Waals surface area contributed by atoms with E-state index in [0.717, 1.165) is 42.0 Å². The minimum atomic E-state index is 0.724. The van der Waals surface area contributed by atoms with Crippen LogP contribution in [0.5, 0.6) is 0 Å². The maximum Gasteiger partial charge on any atom is 0.155 e. The predicted molar refractivity (Wildman–Crippen MR) is 74.8 cm³/mol. The average Bonchev–Trinajstić information content (AvgIpc) is 2.38. The molecule has 0 bridgehead atoms. The SMILES string of the molecule is Cc1cnc(N(C)C)c(C=O)c1N1CCCCC1. The second-order valence-electron chi connectivity index (χ2n) is 5.09. The van der Waals surface area contributed by atoms with Gasteiger partial charge in [0.1, 0.15) is 5.82 Å². The molecule has 1 aromatic heterocycles. The minimum Gasteiger partial charge on any atom is -0.371 e. The van der Waals surface area contributed by atoms with Gasteiger partial charge in [-0.25, -0.2) is 4.98 Å². The molecule has 98 valence electrons. The molecule has 0 aromatic carbocycles. The minimum absolute atomic E-state index is 0.724. The van der Waals surface area contributed by atoms with Gasteiger partial charge in [-0.3, -0.25) is 4.79 Å². The molecular formula is C14H21N3O. The van der Waals surface area contributed by atoms with Gasteiger partial charge in [-0.05, 0) is 31.7 Å². The fraction of sp³-hybridized carbons (Fsp3) is 0.571. The van der Waals surface area contributed by atoms with E-state index in [9.17, 15) is 4.79 Å². The quantitative estimate of drug-likeness (QED) is 0.768. The first kappa shape index (κ1) is 12.9. The Morgan fingerprint density at radius 2 is 1.94 bits per heavy atom. The fourth-order valence-corrected chi connectivity index (χ4v) is 2.61. The van der Waals surface area contributed by atoms with Crippen LogP contribution in [0.1, 0.15) is 35.2 Å². The van der Waals surface area contributed by atoms with Crippen molar-refractivity contribution in [1.82, 2.24) is 4.98 Å². The third-order valence-electron chi connectivity index (χ3n) is 3.46. The Bertz CT molecular complexity index is 437. The van der Waals surface area contributed by atoms with Crippen LogP contribution in [-0.2, 0) is 0 Å². The molecule has 1 aromatic rings. The van der Waals surface area contributed by atoms with Gasteiger partial charge in [-0.2, -0.15) is 0 Å². The van der Waals surface area contributed by atoms with Crippen LogP contribution >= 0.6 is 0 Å². The number of nitrogens with zero attached hydrogens (tertiary/aromatic N) is 3. The molecule has 0 amide bonds. The number of pyridine rings is 1. The van der Waals surface area contributed by atoms with Crippen LogP contribution in [0.2, 0.25) is 0 Å². The molecule has 0 N–H and O–H groups in total. The van der Waals surface area contributed by atoms with Crippen molar-refractivity contribution in [2.45, 2.75) is 26.2 Å². The van der Waals surface area contributed by atoms with Gasteiger partial charge in [0.25, 0.3) is 0 Å². The number of rotatable bonds is 3. The number of carbonyl (C=O) groups excluding carboxylic acids is 1. The van der Waals surface area contributed by atoms with Crippen LogP contribution < -0.4 is 9.80 Å². The van der Waals surface area contributed by atoms with Gasteiger partial charge in [-0.1, -0.05) is 0 Å². The van der Waals surface area contributed by atoms with Gasteiger partial charge >= 0.3 is 0 Å². The maximum absolute atomic E-state index is 11.5. The molecule has 1 aliphatic rings. The normalized spacial score (nSPS) is 15.6. The summed E-state index contributed by atoms with van der Waals surface area (Å²) in [6.45, 7) is 4.11. The summed E-state index contributed by atoms with van der Waals surface area (Å²) >= 11 is 0. The Hall–Kier alpha value is -1.58. The van der Waals surface area contributed by atoms with Crippen molar-refractivity contribution in [2.75, 3.05) is 37.0 Å². The van der Waals surface area contributed by atoms with Crippen molar-refractivity contribution in [2.24, 2.45) is 0 Å². The Kier molecular flexibility index (Phi) is 3.84. The highest BCUT2D eigenvalue weighted by Crippen LogP contribution is 2.31. The zero-order chi connectivity index (χ0) is 13.1. The first-order valence-corrected chi connectivity index (χ1v) is 6.52. The Morgan fingerprint density at radius 3 is 2.50 bits per heavy atom. The summed E-state index contributed by atoms with van der Waals surface area (Å²) in [6, 6.07) is 0. The van der Waals surface area contributed by atoms with Crippen molar-refractivity contribution in [3.8, 4) is 0 Å². The van der Waals surface area contributed by atoms with Crippen molar-refractivity contribution < 1.29 is 4.79 Å². The second kappa shape index (κ2) is 5.38. The molecule has 4 nitrogen and oxygen atoms in total. The number of anilines is 2. The van der Waals surface area contributed by atoms with Gasteiger partial charge in [0.2, 0.25) is 0 Å². The highest BCUT2D eigenvalue weighted by atomic mass is 16.1. The van der Waals surface area contributed by atoms with Gasteiger partial charge in [0.15, 0.2) is 6.29 Å². The van der Waals surface area contributed by atoms with Crippen LogP contribution in [0.3, 0.4) is 0 Å². The van der Waals surface area contributed by atoms with Crippen molar-refractivity contribution in [1.29, 1.82) is 0 Å². The van der Waals surface area contributed by atoms with E-state index in [1.54, 1.807) is 0 Å². The van der Waals surface area contributed by atoms with Crippen LogP contribution in [0.15, 0.2) is 6.20 Å². The van der Waals surface area contributed by atoms with E-state index in [1.807, 2.05) is 32.1 Å². The van der Waals surface area contributed by atoms with E-state index in [4.69, 9.17) is 0 Å². The first-order chi connectivity index (χ1) is 8.65. The van der Waals surface area contributed by atoms with Gasteiger partial charge in [0.05, 0.1) is 11.3 Å². The number of aryl methyl sites for hydroxylation is 1. The van der Waals surface area contributed by atoms with E-state index in [2.05, 4.69) is 9.88 Å². The molecule has 0 unspecified atom stereocenters. The number of hydrogen-bond acceptors (Lipinski definition) is 4. The van der Waals surface area contributed by atoms with E-state index in [1.165, 1.54) is 19.3 Å². The van der Waals surface area contributed by atoms with Crippen molar-refractivity contribution >= 4 is 17.8 Å². The monoisotopic (exact) mass is 247 g/mol. The lowest BCUT2D eigenvalue weighted by atomic mass is 10.1. The van der Waals surface area contributed by atoms with Crippen LogP contribution in [-0.4, -0.2) is 38.5 Å². The molecule has 1 saturated heterocycles. The predicted octanol–water partition coefficient (Wildman–Crippen LogP) is 2.26. The molecule has 0 aliphatic carbocycles. The number of piperidine rings is 1. The highest BCUT2D eigenvalue weighted by Gasteiger charge is 2.20. The zero-order valence-electron chi connectivity index (χ0n) is 11.4. The second-order valence-corrected chi connectivity index (χ2v) is 5.09. The number of aromatic nitrogens is 1. The van der Waals surface area contributed by atoms with Gasteiger partial charge in [-0.15, -0.1) is 0 Å². The molecular weight excluding hydrogens is 226 g/mol. The lowest BCUT2D eigenvalue weighted by molar-refractivity contribution is 0.112. The Balaban J connectivity index is 2.49. The molecule has 18 heavy (non-hydrogen) atoms. The number of aldehydes is 1. The lowest BCUT2D eigenvalue weighted by Crippen LogP contribution is -2.31. The summed E-state index contributed by atoms with van der Waals surface area (Å²) in [4.78, 5) is 20.1. The smallest absolute Gasteiger partial charge is 0.155 e. The Labute approximate surface area is 109 Å². The Morgan fingerprint density at radius 1 is 1.28 bits per heavy atom. The number of hydrogen-bond donors (Lipinski definition) is 0. The third-order valence-corrected chi connectivity index (χ3v) is 3.46. The highest BCUT2D eigenvalue weighted by molar-refractivity contribution is 5.92. The third kappa shape index (κ3) is 2.33. The zero-order valence-corrected chi connectivity index (χ0v) is 11.4. The van der Waals surface area contributed by atoms with Crippen LogP contribution in [0, 0.1) is 6.92 Å². The molecule has 0 saturated carbocycles. The standard InChI is InChI=1S/C14H21N3O/c1-11-9-15-14(16(2)3)12(10-18)13(11)17-7-5-4-6-8-17/h9-10H,4-8H2,1-3H3. The molecule has 1 aliphatic heterocycles. The molecule has 1 fully saturated rings. The van der Waals surface area contributed by atoms with E-state index < -0.39 is 0 Å². The summed E-state index contributed by atoms with van der Waals surface area (Å²) in [7, 11) is 3.84.